The highest BCUT2D eigenvalue weighted by atomic mass is 32.1. The van der Waals surface area contributed by atoms with Crippen LogP contribution in [0.2, 0.25) is 0 Å². The molecular weight excluding hydrogens is 368 g/mol. The van der Waals surface area contributed by atoms with E-state index >= 15 is 0 Å². The Bertz CT molecular complexity index is 1140. The Hall–Kier alpha value is -3.32. The van der Waals surface area contributed by atoms with Gasteiger partial charge in [0, 0.05) is 10.9 Å². The molecule has 0 spiro atoms. The van der Waals surface area contributed by atoms with Crippen molar-refractivity contribution in [1.82, 2.24) is 4.98 Å². The number of carbonyl (C=O) groups is 1. The first-order valence-corrected chi connectivity index (χ1v) is 8.91. The van der Waals surface area contributed by atoms with Crippen LogP contribution in [0.3, 0.4) is 0 Å². The SMILES string of the molecule is NC(=O)N(c1nc(-c2ccc3ccccc3c2)cs1)c1c(F)cccc1F. The zero-order chi connectivity index (χ0) is 19.0. The molecule has 0 saturated heterocycles. The van der Waals surface area contributed by atoms with E-state index in [9.17, 15) is 13.6 Å². The number of nitrogens with zero attached hydrogens (tertiary/aromatic N) is 2. The van der Waals surface area contributed by atoms with Gasteiger partial charge in [0.2, 0.25) is 0 Å². The van der Waals surface area contributed by atoms with Crippen molar-refractivity contribution in [2.24, 2.45) is 5.73 Å². The summed E-state index contributed by atoms with van der Waals surface area (Å²) in [5, 5.41) is 3.93. The zero-order valence-corrected chi connectivity index (χ0v) is 14.7. The van der Waals surface area contributed by atoms with Gasteiger partial charge in [0.15, 0.2) is 5.13 Å². The zero-order valence-electron chi connectivity index (χ0n) is 13.9. The number of halogens is 2. The largest absolute Gasteiger partial charge is 0.351 e. The van der Waals surface area contributed by atoms with Gasteiger partial charge in [-0.3, -0.25) is 0 Å². The standard InChI is InChI=1S/C20H13F2N3OS/c21-15-6-3-7-16(22)18(15)25(19(23)26)20-24-17(11-27-20)14-9-8-12-4-1-2-5-13(12)10-14/h1-11H,(H2,23,26). The van der Waals surface area contributed by atoms with Crippen molar-refractivity contribution in [1.29, 1.82) is 0 Å². The van der Waals surface area contributed by atoms with E-state index in [-0.39, 0.29) is 5.13 Å². The van der Waals surface area contributed by atoms with Crippen LogP contribution in [0.4, 0.5) is 24.4 Å². The Morgan fingerprint density at radius 2 is 1.67 bits per heavy atom. The maximum absolute atomic E-state index is 14.1. The fraction of sp³-hybridized carbons (Fsp3) is 0. The van der Waals surface area contributed by atoms with E-state index in [1.165, 1.54) is 6.07 Å². The molecule has 0 saturated carbocycles. The molecular formula is C20H13F2N3OS. The van der Waals surface area contributed by atoms with Crippen molar-refractivity contribution in [2.45, 2.75) is 0 Å². The minimum Gasteiger partial charge on any atom is -0.351 e. The number of aromatic nitrogens is 1. The maximum atomic E-state index is 14.1. The fourth-order valence-electron chi connectivity index (χ4n) is 2.85. The molecule has 1 aromatic heterocycles. The molecule has 0 aliphatic heterocycles. The first-order valence-electron chi connectivity index (χ1n) is 8.03. The third-order valence-electron chi connectivity index (χ3n) is 4.11. The van der Waals surface area contributed by atoms with Crippen LogP contribution < -0.4 is 10.6 Å². The Kier molecular flexibility index (Phi) is 4.29. The summed E-state index contributed by atoms with van der Waals surface area (Å²) in [5.74, 6) is -1.78. The van der Waals surface area contributed by atoms with Gasteiger partial charge in [0.25, 0.3) is 0 Å². The van der Waals surface area contributed by atoms with Crippen molar-refractivity contribution in [3.63, 3.8) is 0 Å². The van der Waals surface area contributed by atoms with Gasteiger partial charge in [-0.1, -0.05) is 42.5 Å². The summed E-state index contributed by atoms with van der Waals surface area (Å²) >= 11 is 1.08. The normalized spacial score (nSPS) is 10.9. The molecule has 4 rings (SSSR count). The number of benzene rings is 3. The van der Waals surface area contributed by atoms with E-state index in [0.717, 1.165) is 44.7 Å². The Morgan fingerprint density at radius 3 is 2.37 bits per heavy atom. The Labute approximate surface area is 157 Å². The van der Waals surface area contributed by atoms with Crippen LogP contribution in [0.1, 0.15) is 0 Å². The lowest BCUT2D eigenvalue weighted by atomic mass is 10.1. The minimum absolute atomic E-state index is 0.0923. The monoisotopic (exact) mass is 381 g/mol. The minimum atomic E-state index is -1.02. The van der Waals surface area contributed by atoms with Crippen LogP contribution >= 0.6 is 11.3 Å². The van der Waals surface area contributed by atoms with Crippen LogP contribution in [0.25, 0.3) is 22.0 Å². The van der Waals surface area contributed by atoms with Gasteiger partial charge in [-0.15, -0.1) is 11.3 Å². The lowest BCUT2D eigenvalue weighted by Crippen LogP contribution is -2.32. The van der Waals surface area contributed by atoms with Crippen LogP contribution in [0, 0.1) is 11.6 Å². The van der Waals surface area contributed by atoms with Gasteiger partial charge in [0.05, 0.1) is 5.69 Å². The lowest BCUT2D eigenvalue weighted by Gasteiger charge is -2.18. The molecule has 0 atom stereocenters. The number of nitrogens with two attached hydrogens (primary N) is 1. The Balaban J connectivity index is 1.78. The maximum Gasteiger partial charge on any atom is 0.325 e. The van der Waals surface area contributed by atoms with Gasteiger partial charge in [-0.25, -0.2) is 23.5 Å². The molecule has 0 unspecified atom stereocenters. The summed E-state index contributed by atoms with van der Waals surface area (Å²) in [7, 11) is 0. The quantitative estimate of drug-likeness (QED) is 0.512. The van der Waals surface area contributed by atoms with Crippen molar-refractivity contribution in [2.75, 3.05) is 4.90 Å². The molecule has 3 aromatic carbocycles. The van der Waals surface area contributed by atoms with Gasteiger partial charge in [0.1, 0.15) is 17.3 Å². The molecule has 2 N–H and O–H groups in total. The number of anilines is 2. The first-order chi connectivity index (χ1) is 13.0. The van der Waals surface area contributed by atoms with Gasteiger partial charge >= 0.3 is 6.03 Å². The van der Waals surface area contributed by atoms with E-state index in [1.54, 1.807) is 5.38 Å². The number of para-hydroxylation sites is 1. The highest BCUT2D eigenvalue weighted by Gasteiger charge is 2.25. The van der Waals surface area contributed by atoms with Gasteiger partial charge < -0.3 is 5.73 Å². The predicted molar refractivity (Wildman–Crippen MR) is 103 cm³/mol. The molecule has 4 aromatic rings. The van der Waals surface area contributed by atoms with Crippen molar-refractivity contribution in [3.05, 3.63) is 77.7 Å². The van der Waals surface area contributed by atoms with Crippen molar-refractivity contribution < 1.29 is 13.6 Å². The molecule has 0 radical (unpaired) electrons. The molecule has 1 heterocycles. The number of thiazole rings is 1. The van der Waals surface area contributed by atoms with Crippen LogP contribution in [0.5, 0.6) is 0 Å². The second kappa shape index (κ2) is 6.77. The summed E-state index contributed by atoms with van der Waals surface area (Å²) in [6.45, 7) is 0. The van der Waals surface area contributed by atoms with Gasteiger partial charge in [-0.2, -0.15) is 0 Å². The van der Waals surface area contributed by atoms with Crippen LogP contribution in [-0.4, -0.2) is 11.0 Å². The van der Waals surface area contributed by atoms with Crippen molar-refractivity contribution in [3.8, 4) is 11.3 Å². The van der Waals surface area contributed by atoms with Crippen LogP contribution in [0.15, 0.2) is 66.0 Å². The summed E-state index contributed by atoms with van der Waals surface area (Å²) in [4.78, 5) is 17.0. The van der Waals surface area contributed by atoms with E-state index < -0.39 is 23.4 Å². The van der Waals surface area contributed by atoms with E-state index in [2.05, 4.69) is 4.98 Å². The highest BCUT2D eigenvalue weighted by molar-refractivity contribution is 7.14. The summed E-state index contributed by atoms with van der Waals surface area (Å²) < 4.78 is 28.3. The molecule has 0 aliphatic rings. The number of hydrogen-bond donors (Lipinski definition) is 1. The first kappa shape index (κ1) is 17.1. The number of fused-ring (bicyclic) bond motifs is 1. The third-order valence-corrected chi connectivity index (χ3v) is 4.94. The van der Waals surface area contributed by atoms with Gasteiger partial charge in [-0.05, 0) is 29.0 Å². The van der Waals surface area contributed by atoms with E-state index in [1.807, 2.05) is 42.5 Å². The summed E-state index contributed by atoms with van der Waals surface area (Å²) in [6, 6.07) is 16.0. The topological polar surface area (TPSA) is 59.2 Å². The molecule has 27 heavy (non-hydrogen) atoms. The summed E-state index contributed by atoms with van der Waals surface area (Å²) in [6.07, 6.45) is 0. The predicted octanol–water partition coefficient (Wildman–Crippen LogP) is 5.46. The van der Waals surface area contributed by atoms with Crippen molar-refractivity contribution >= 4 is 39.0 Å². The second-order valence-corrected chi connectivity index (χ2v) is 6.66. The number of hydrogen-bond acceptors (Lipinski definition) is 3. The molecule has 4 nitrogen and oxygen atoms in total. The number of primary amides is 1. The number of urea groups is 1. The third kappa shape index (κ3) is 3.13. The van der Waals surface area contributed by atoms with Crippen LogP contribution in [-0.2, 0) is 0 Å². The second-order valence-electron chi connectivity index (χ2n) is 5.82. The summed E-state index contributed by atoms with van der Waals surface area (Å²) in [5.41, 5.74) is 6.26. The fourth-order valence-corrected chi connectivity index (χ4v) is 3.69. The molecule has 134 valence electrons. The molecule has 7 heteroatoms. The Morgan fingerprint density at radius 1 is 0.963 bits per heavy atom. The molecule has 0 aliphatic carbocycles. The molecule has 0 fully saturated rings. The molecule has 2 amide bonds. The smallest absolute Gasteiger partial charge is 0.325 e. The van der Waals surface area contributed by atoms with E-state index in [0.29, 0.717) is 5.69 Å². The number of amides is 2. The average Bonchev–Trinajstić information content (AvgIpc) is 3.13. The average molecular weight is 381 g/mol. The molecule has 0 bridgehead atoms. The highest BCUT2D eigenvalue weighted by Crippen LogP contribution is 2.35. The van der Waals surface area contributed by atoms with E-state index in [4.69, 9.17) is 5.73 Å². The lowest BCUT2D eigenvalue weighted by molar-refractivity contribution is 0.255. The number of carbonyl (C=O) groups excluding carboxylic acids is 1. The number of rotatable bonds is 3.